The monoisotopic (exact) mass is 221 g/mol. The van der Waals surface area contributed by atoms with E-state index in [2.05, 4.69) is 6.58 Å². The second kappa shape index (κ2) is 5.32. The zero-order chi connectivity index (χ0) is 12.1. The van der Waals surface area contributed by atoms with Gasteiger partial charge in [-0.1, -0.05) is 24.8 Å². The highest BCUT2D eigenvalue weighted by Crippen LogP contribution is 2.15. The average Bonchev–Trinajstić information content (AvgIpc) is 2.28. The summed E-state index contributed by atoms with van der Waals surface area (Å²) in [5, 5.41) is 17.7. The van der Waals surface area contributed by atoms with Crippen molar-refractivity contribution in [1.82, 2.24) is 4.90 Å². The van der Waals surface area contributed by atoms with E-state index >= 15 is 0 Å². The Morgan fingerprint density at radius 3 is 2.75 bits per heavy atom. The molecule has 0 spiro atoms. The maximum absolute atomic E-state index is 10.6. The molecule has 0 bridgehead atoms. The Labute approximate surface area is 94.4 Å². The maximum atomic E-state index is 10.6. The van der Waals surface area contributed by atoms with E-state index in [1.807, 2.05) is 12.1 Å². The van der Waals surface area contributed by atoms with Crippen LogP contribution in [0.2, 0.25) is 0 Å². The molecule has 0 fully saturated rings. The van der Waals surface area contributed by atoms with Crippen LogP contribution < -0.4 is 0 Å². The van der Waals surface area contributed by atoms with Gasteiger partial charge in [0, 0.05) is 13.6 Å². The van der Waals surface area contributed by atoms with Crippen molar-refractivity contribution in [3.63, 3.8) is 0 Å². The molecule has 0 radical (unpaired) electrons. The van der Waals surface area contributed by atoms with Crippen molar-refractivity contribution >= 4 is 11.7 Å². The number of amides is 1. The van der Waals surface area contributed by atoms with Crippen LogP contribution in [0.25, 0.3) is 5.57 Å². The highest BCUT2D eigenvalue weighted by Gasteiger charge is 2.08. The van der Waals surface area contributed by atoms with Crippen LogP contribution in [0.3, 0.4) is 0 Å². The van der Waals surface area contributed by atoms with Gasteiger partial charge >= 0.3 is 6.09 Å². The van der Waals surface area contributed by atoms with Gasteiger partial charge in [-0.2, -0.15) is 0 Å². The van der Waals surface area contributed by atoms with Crippen LogP contribution in [0.5, 0.6) is 0 Å². The van der Waals surface area contributed by atoms with Gasteiger partial charge in [0.2, 0.25) is 0 Å². The summed E-state index contributed by atoms with van der Waals surface area (Å²) in [6, 6.07) is 7.26. The third-order valence-corrected chi connectivity index (χ3v) is 2.27. The maximum Gasteiger partial charge on any atom is 0.407 e. The number of carbonyl (C=O) groups is 1. The summed E-state index contributed by atoms with van der Waals surface area (Å²) < 4.78 is 0. The number of likely N-dealkylation sites (N-methyl/N-ethyl adjacent to an activating group) is 1. The summed E-state index contributed by atoms with van der Waals surface area (Å²) in [5.74, 6) is 0. The van der Waals surface area contributed by atoms with Crippen LogP contribution in [-0.4, -0.2) is 34.8 Å². The minimum atomic E-state index is -0.987. The van der Waals surface area contributed by atoms with Crippen LogP contribution in [0.4, 0.5) is 4.79 Å². The number of hydrogen-bond acceptors (Lipinski definition) is 2. The van der Waals surface area contributed by atoms with Crippen molar-refractivity contribution in [3.8, 4) is 0 Å². The molecule has 0 aliphatic heterocycles. The van der Waals surface area contributed by atoms with Gasteiger partial charge in [0.15, 0.2) is 0 Å². The van der Waals surface area contributed by atoms with E-state index < -0.39 is 6.09 Å². The largest absolute Gasteiger partial charge is 0.465 e. The first-order valence-electron chi connectivity index (χ1n) is 4.86. The Kier molecular flexibility index (Phi) is 4.08. The lowest BCUT2D eigenvalue weighted by molar-refractivity contribution is 0.161. The molecule has 1 aromatic carbocycles. The number of aliphatic hydroxyl groups excluding tert-OH is 1. The summed E-state index contributed by atoms with van der Waals surface area (Å²) in [7, 11) is 1.49. The number of benzene rings is 1. The van der Waals surface area contributed by atoms with Gasteiger partial charge in [0.25, 0.3) is 0 Å². The number of carboxylic acid groups (broad SMARTS) is 1. The van der Waals surface area contributed by atoms with Crippen molar-refractivity contribution in [2.45, 2.75) is 6.61 Å². The predicted molar refractivity (Wildman–Crippen MR) is 62.1 cm³/mol. The van der Waals surface area contributed by atoms with Crippen LogP contribution in [0, 0.1) is 0 Å². The molecule has 0 saturated carbocycles. The van der Waals surface area contributed by atoms with Crippen molar-refractivity contribution in [1.29, 1.82) is 0 Å². The molecule has 1 amide bonds. The van der Waals surface area contributed by atoms with Gasteiger partial charge in [-0.05, 0) is 22.8 Å². The van der Waals surface area contributed by atoms with Crippen molar-refractivity contribution in [2.75, 3.05) is 13.6 Å². The minimum absolute atomic E-state index is 0.0319. The molecule has 0 atom stereocenters. The van der Waals surface area contributed by atoms with E-state index in [9.17, 15) is 4.79 Å². The van der Waals surface area contributed by atoms with E-state index in [1.54, 1.807) is 12.1 Å². The Morgan fingerprint density at radius 2 is 2.19 bits per heavy atom. The lowest BCUT2D eigenvalue weighted by atomic mass is 10.0. The van der Waals surface area contributed by atoms with E-state index in [1.165, 1.54) is 7.05 Å². The van der Waals surface area contributed by atoms with E-state index in [4.69, 9.17) is 10.2 Å². The topological polar surface area (TPSA) is 60.8 Å². The molecule has 0 aliphatic rings. The summed E-state index contributed by atoms with van der Waals surface area (Å²) >= 11 is 0. The highest BCUT2D eigenvalue weighted by molar-refractivity contribution is 5.71. The molecule has 4 heteroatoms. The molecule has 1 aromatic rings. The first-order chi connectivity index (χ1) is 7.54. The summed E-state index contributed by atoms with van der Waals surface area (Å²) in [5.41, 5.74) is 2.34. The van der Waals surface area contributed by atoms with Gasteiger partial charge in [-0.15, -0.1) is 0 Å². The Hall–Kier alpha value is -1.81. The number of rotatable bonds is 4. The average molecular weight is 221 g/mol. The van der Waals surface area contributed by atoms with Crippen LogP contribution in [0.1, 0.15) is 11.1 Å². The Morgan fingerprint density at radius 1 is 1.50 bits per heavy atom. The van der Waals surface area contributed by atoms with Crippen molar-refractivity contribution < 1.29 is 15.0 Å². The molecule has 0 unspecified atom stereocenters. The fourth-order valence-corrected chi connectivity index (χ4v) is 1.33. The number of hydrogen-bond donors (Lipinski definition) is 2. The zero-order valence-electron chi connectivity index (χ0n) is 9.18. The number of aliphatic hydroxyl groups is 1. The van der Waals surface area contributed by atoms with Gasteiger partial charge < -0.3 is 15.1 Å². The van der Waals surface area contributed by atoms with E-state index in [0.717, 1.165) is 16.0 Å². The summed E-state index contributed by atoms with van der Waals surface area (Å²) in [4.78, 5) is 11.8. The first-order valence-corrected chi connectivity index (χ1v) is 4.86. The molecule has 4 nitrogen and oxygen atoms in total. The Bertz CT molecular complexity index is 401. The fourth-order valence-electron chi connectivity index (χ4n) is 1.33. The van der Waals surface area contributed by atoms with Crippen LogP contribution in [0.15, 0.2) is 30.8 Å². The van der Waals surface area contributed by atoms with Crippen LogP contribution >= 0.6 is 0 Å². The summed E-state index contributed by atoms with van der Waals surface area (Å²) in [6.07, 6.45) is -0.987. The molecule has 0 heterocycles. The predicted octanol–water partition coefficient (Wildman–Crippen LogP) is 1.80. The molecule has 0 aliphatic carbocycles. The van der Waals surface area contributed by atoms with E-state index in [-0.39, 0.29) is 13.2 Å². The SMILES string of the molecule is C=C(CN(C)C(=O)O)c1cccc(CO)c1. The normalized spacial score (nSPS) is 9.88. The van der Waals surface area contributed by atoms with Gasteiger partial charge in [-0.25, -0.2) is 4.79 Å². The molecule has 1 rings (SSSR count). The van der Waals surface area contributed by atoms with Gasteiger partial charge in [0.05, 0.1) is 6.61 Å². The number of nitrogens with zero attached hydrogens (tertiary/aromatic N) is 1. The second-order valence-corrected chi connectivity index (χ2v) is 3.60. The lowest BCUT2D eigenvalue weighted by Crippen LogP contribution is -2.26. The first kappa shape index (κ1) is 12.3. The third kappa shape index (κ3) is 3.10. The molecule has 0 aromatic heterocycles. The Balaban J connectivity index is 2.76. The molecule has 2 N–H and O–H groups in total. The minimum Gasteiger partial charge on any atom is -0.465 e. The fraction of sp³-hybridized carbons (Fsp3) is 0.250. The highest BCUT2D eigenvalue weighted by atomic mass is 16.4. The lowest BCUT2D eigenvalue weighted by Gasteiger charge is -2.15. The molecular weight excluding hydrogens is 206 g/mol. The summed E-state index contributed by atoms with van der Waals surface area (Å²) in [6.45, 7) is 4.06. The molecular formula is C12H15NO3. The molecule has 86 valence electrons. The molecule has 0 saturated heterocycles. The van der Waals surface area contributed by atoms with Gasteiger partial charge in [-0.3, -0.25) is 0 Å². The van der Waals surface area contributed by atoms with Gasteiger partial charge in [0.1, 0.15) is 0 Å². The van der Waals surface area contributed by atoms with Crippen molar-refractivity contribution in [3.05, 3.63) is 42.0 Å². The molecule has 16 heavy (non-hydrogen) atoms. The standard InChI is InChI=1S/C12H15NO3/c1-9(7-13(2)12(15)16)11-5-3-4-10(6-11)8-14/h3-6,14H,1,7-8H2,2H3,(H,15,16). The smallest absolute Gasteiger partial charge is 0.407 e. The third-order valence-electron chi connectivity index (χ3n) is 2.27. The van der Waals surface area contributed by atoms with Crippen LogP contribution in [-0.2, 0) is 6.61 Å². The zero-order valence-corrected chi connectivity index (χ0v) is 9.18. The van der Waals surface area contributed by atoms with E-state index in [0.29, 0.717) is 5.57 Å². The second-order valence-electron chi connectivity index (χ2n) is 3.60. The quantitative estimate of drug-likeness (QED) is 0.815. The van der Waals surface area contributed by atoms with Crippen molar-refractivity contribution in [2.24, 2.45) is 0 Å².